The summed E-state index contributed by atoms with van der Waals surface area (Å²) in [5.74, 6) is 0.624. The Hall–Kier alpha value is -1.26. The molecule has 0 saturated heterocycles. The van der Waals surface area contributed by atoms with Crippen LogP contribution in [0.1, 0.15) is 0 Å². The van der Waals surface area contributed by atoms with Crippen LogP contribution in [0.5, 0.6) is 5.75 Å². The largest absolute Gasteiger partial charge is 0.490 e. The van der Waals surface area contributed by atoms with Gasteiger partial charge in [-0.2, -0.15) is 0 Å². The van der Waals surface area contributed by atoms with Crippen molar-refractivity contribution in [3.8, 4) is 5.75 Å². The fourth-order valence-corrected chi connectivity index (χ4v) is 1.65. The summed E-state index contributed by atoms with van der Waals surface area (Å²) in [6.07, 6.45) is 3.26. The predicted molar refractivity (Wildman–Crippen MR) is 62.0 cm³/mol. The molecule has 0 aliphatic carbocycles. The Kier molecular flexibility index (Phi) is 3.64. The summed E-state index contributed by atoms with van der Waals surface area (Å²) >= 11 is 11.7. The molecule has 0 aliphatic rings. The van der Waals surface area contributed by atoms with Gasteiger partial charge in [-0.05, 0) is 18.2 Å². The summed E-state index contributed by atoms with van der Waals surface area (Å²) in [5, 5.41) is 8.49. The second kappa shape index (κ2) is 5.18. The van der Waals surface area contributed by atoms with E-state index in [-0.39, 0.29) is 0 Å². The van der Waals surface area contributed by atoms with Gasteiger partial charge < -0.3 is 9.30 Å². The van der Waals surface area contributed by atoms with Crippen LogP contribution >= 0.6 is 23.2 Å². The highest BCUT2D eigenvalue weighted by Gasteiger charge is 2.02. The zero-order chi connectivity index (χ0) is 11.4. The van der Waals surface area contributed by atoms with Crippen molar-refractivity contribution in [3.05, 3.63) is 40.9 Å². The highest BCUT2D eigenvalue weighted by molar-refractivity contribution is 6.35. The lowest BCUT2D eigenvalue weighted by Gasteiger charge is -2.08. The molecule has 0 saturated carbocycles. The van der Waals surface area contributed by atoms with Crippen molar-refractivity contribution in [2.75, 3.05) is 6.61 Å². The predicted octanol–water partition coefficient (Wildman–Crippen LogP) is 2.66. The SMILES string of the molecule is Clc1ccc(OCCn2cnnc2)c(Cl)c1. The molecule has 16 heavy (non-hydrogen) atoms. The van der Waals surface area contributed by atoms with Crippen LogP contribution in [-0.2, 0) is 6.54 Å². The summed E-state index contributed by atoms with van der Waals surface area (Å²) in [6.45, 7) is 1.17. The summed E-state index contributed by atoms with van der Waals surface area (Å²) in [7, 11) is 0. The number of ether oxygens (including phenoxy) is 1. The molecular formula is C10H9Cl2N3O. The summed E-state index contributed by atoms with van der Waals surface area (Å²) < 4.78 is 7.32. The van der Waals surface area contributed by atoms with Gasteiger partial charge in [-0.15, -0.1) is 10.2 Å². The van der Waals surface area contributed by atoms with E-state index in [2.05, 4.69) is 10.2 Å². The van der Waals surface area contributed by atoms with E-state index in [0.29, 0.717) is 28.9 Å². The van der Waals surface area contributed by atoms with E-state index in [1.165, 1.54) is 0 Å². The second-order valence-electron chi connectivity index (χ2n) is 3.12. The maximum Gasteiger partial charge on any atom is 0.138 e. The van der Waals surface area contributed by atoms with Crippen molar-refractivity contribution in [2.45, 2.75) is 6.54 Å². The van der Waals surface area contributed by atoms with Crippen LogP contribution in [0.15, 0.2) is 30.9 Å². The zero-order valence-corrected chi connectivity index (χ0v) is 9.82. The van der Waals surface area contributed by atoms with Crippen LogP contribution < -0.4 is 4.74 Å². The molecule has 0 amide bonds. The number of nitrogens with zero attached hydrogens (tertiary/aromatic N) is 3. The van der Waals surface area contributed by atoms with Crippen molar-refractivity contribution in [2.24, 2.45) is 0 Å². The van der Waals surface area contributed by atoms with E-state index in [9.17, 15) is 0 Å². The number of hydrogen-bond acceptors (Lipinski definition) is 3. The quantitative estimate of drug-likeness (QED) is 0.846. The number of aromatic nitrogens is 3. The minimum atomic E-state index is 0.499. The first kappa shape index (κ1) is 11.2. The van der Waals surface area contributed by atoms with Gasteiger partial charge in [-0.25, -0.2) is 0 Å². The lowest BCUT2D eigenvalue weighted by Crippen LogP contribution is -2.06. The van der Waals surface area contributed by atoms with Crippen molar-refractivity contribution < 1.29 is 4.74 Å². The summed E-state index contributed by atoms with van der Waals surface area (Å²) in [5.41, 5.74) is 0. The lowest BCUT2D eigenvalue weighted by molar-refractivity contribution is 0.298. The first-order valence-electron chi connectivity index (χ1n) is 4.66. The molecule has 4 nitrogen and oxygen atoms in total. The maximum absolute atomic E-state index is 5.95. The third-order valence-electron chi connectivity index (χ3n) is 1.97. The molecule has 6 heteroatoms. The molecule has 1 heterocycles. The Labute approximate surface area is 103 Å². The van der Waals surface area contributed by atoms with Gasteiger partial charge in [0.15, 0.2) is 0 Å². The van der Waals surface area contributed by atoms with E-state index in [1.807, 2.05) is 4.57 Å². The molecule has 0 N–H and O–H groups in total. The molecule has 0 aliphatic heterocycles. The van der Waals surface area contributed by atoms with E-state index in [4.69, 9.17) is 27.9 Å². The number of halogens is 2. The van der Waals surface area contributed by atoms with Crippen LogP contribution in [-0.4, -0.2) is 21.4 Å². The van der Waals surface area contributed by atoms with Crippen LogP contribution in [0, 0.1) is 0 Å². The normalized spacial score (nSPS) is 10.4. The van der Waals surface area contributed by atoms with Gasteiger partial charge in [0.05, 0.1) is 11.6 Å². The molecule has 0 spiro atoms. The second-order valence-corrected chi connectivity index (χ2v) is 3.97. The number of benzene rings is 1. The molecule has 0 bridgehead atoms. The van der Waals surface area contributed by atoms with Gasteiger partial charge >= 0.3 is 0 Å². The lowest BCUT2D eigenvalue weighted by atomic mass is 10.3. The molecule has 1 aromatic heterocycles. The Morgan fingerprint density at radius 2 is 1.94 bits per heavy atom. The Bertz CT molecular complexity index is 459. The van der Waals surface area contributed by atoms with E-state index < -0.39 is 0 Å². The standard InChI is InChI=1S/C10H9Cl2N3O/c11-8-1-2-10(9(12)5-8)16-4-3-15-6-13-14-7-15/h1-2,5-7H,3-4H2. The monoisotopic (exact) mass is 257 g/mol. The third-order valence-corrected chi connectivity index (χ3v) is 2.50. The molecule has 2 rings (SSSR count). The molecule has 0 radical (unpaired) electrons. The smallest absolute Gasteiger partial charge is 0.138 e. The van der Waals surface area contributed by atoms with Gasteiger partial charge in [-0.1, -0.05) is 23.2 Å². The number of hydrogen-bond donors (Lipinski definition) is 0. The Balaban J connectivity index is 1.90. The first-order valence-corrected chi connectivity index (χ1v) is 5.41. The van der Waals surface area contributed by atoms with Gasteiger partial charge in [0, 0.05) is 5.02 Å². The zero-order valence-electron chi connectivity index (χ0n) is 8.31. The highest BCUT2D eigenvalue weighted by Crippen LogP contribution is 2.27. The van der Waals surface area contributed by atoms with Gasteiger partial charge in [0.2, 0.25) is 0 Å². The van der Waals surface area contributed by atoms with Crippen LogP contribution in [0.25, 0.3) is 0 Å². The van der Waals surface area contributed by atoms with Crippen LogP contribution in [0.3, 0.4) is 0 Å². The topological polar surface area (TPSA) is 39.9 Å². The molecule has 0 atom stereocenters. The minimum Gasteiger partial charge on any atom is -0.490 e. The number of rotatable bonds is 4. The van der Waals surface area contributed by atoms with Gasteiger partial charge in [-0.3, -0.25) is 0 Å². The maximum atomic E-state index is 5.95. The molecular weight excluding hydrogens is 249 g/mol. The molecule has 0 fully saturated rings. The third kappa shape index (κ3) is 2.87. The average Bonchev–Trinajstić information content (AvgIpc) is 2.74. The van der Waals surface area contributed by atoms with Crippen LogP contribution in [0.4, 0.5) is 0 Å². The fourth-order valence-electron chi connectivity index (χ4n) is 1.19. The summed E-state index contributed by atoms with van der Waals surface area (Å²) in [6, 6.07) is 5.13. The van der Waals surface area contributed by atoms with Crippen molar-refractivity contribution in [1.82, 2.24) is 14.8 Å². The van der Waals surface area contributed by atoms with Crippen molar-refractivity contribution in [1.29, 1.82) is 0 Å². The van der Waals surface area contributed by atoms with Crippen LogP contribution in [0.2, 0.25) is 10.0 Å². The average molecular weight is 258 g/mol. The molecule has 2 aromatic rings. The van der Waals surface area contributed by atoms with Crippen molar-refractivity contribution >= 4 is 23.2 Å². The summed E-state index contributed by atoms with van der Waals surface area (Å²) in [4.78, 5) is 0. The first-order chi connectivity index (χ1) is 7.75. The van der Waals surface area contributed by atoms with E-state index in [0.717, 1.165) is 0 Å². The molecule has 1 aromatic carbocycles. The molecule has 84 valence electrons. The Morgan fingerprint density at radius 3 is 2.62 bits per heavy atom. The Morgan fingerprint density at radius 1 is 1.19 bits per heavy atom. The highest BCUT2D eigenvalue weighted by atomic mass is 35.5. The molecule has 0 unspecified atom stereocenters. The van der Waals surface area contributed by atoms with E-state index in [1.54, 1.807) is 30.9 Å². The minimum absolute atomic E-state index is 0.499. The van der Waals surface area contributed by atoms with Crippen molar-refractivity contribution in [3.63, 3.8) is 0 Å². The van der Waals surface area contributed by atoms with E-state index >= 15 is 0 Å². The fraction of sp³-hybridized carbons (Fsp3) is 0.200. The van der Waals surface area contributed by atoms with Gasteiger partial charge in [0.1, 0.15) is 25.0 Å². The van der Waals surface area contributed by atoms with Gasteiger partial charge in [0.25, 0.3) is 0 Å².